The van der Waals surface area contributed by atoms with E-state index in [2.05, 4.69) is 35.1 Å². The standard InChI is InChI=1S/C13H21N3/c1-11-4-6-15-12(8-11)16-7-5-13(2,10-16)9-14-3/h4,6,8,14H,5,7,9-10H2,1-3H3. The van der Waals surface area contributed by atoms with Crippen molar-refractivity contribution in [1.82, 2.24) is 10.3 Å². The summed E-state index contributed by atoms with van der Waals surface area (Å²) in [6.07, 6.45) is 3.14. The van der Waals surface area contributed by atoms with Crippen LogP contribution < -0.4 is 10.2 Å². The van der Waals surface area contributed by atoms with Gasteiger partial charge in [-0.3, -0.25) is 0 Å². The SMILES string of the molecule is CNCC1(C)CCN(c2cc(C)ccn2)C1. The molecule has 1 aliphatic rings. The Morgan fingerprint density at radius 1 is 1.56 bits per heavy atom. The Morgan fingerprint density at radius 2 is 2.38 bits per heavy atom. The van der Waals surface area contributed by atoms with Crippen LogP contribution in [0.3, 0.4) is 0 Å². The van der Waals surface area contributed by atoms with Gasteiger partial charge in [-0.15, -0.1) is 0 Å². The van der Waals surface area contributed by atoms with E-state index in [1.165, 1.54) is 12.0 Å². The van der Waals surface area contributed by atoms with E-state index >= 15 is 0 Å². The second-order valence-corrected chi connectivity index (χ2v) is 5.20. The molecule has 0 aromatic carbocycles. The van der Waals surface area contributed by atoms with Gasteiger partial charge >= 0.3 is 0 Å². The van der Waals surface area contributed by atoms with Gasteiger partial charge in [-0.25, -0.2) is 4.98 Å². The molecule has 16 heavy (non-hydrogen) atoms. The molecule has 0 spiro atoms. The maximum Gasteiger partial charge on any atom is 0.128 e. The van der Waals surface area contributed by atoms with Gasteiger partial charge in [0.25, 0.3) is 0 Å². The summed E-state index contributed by atoms with van der Waals surface area (Å²) in [7, 11) is 2.03. The number of hydrogen-bond acceptors (Lipinski definition) is 3. The Kier molecular flexibility index (Phi) is 3.15. The zero-order valence-electron chi connectivity index (χ0n) is 10.5. The van der Waals surface area contributed by atoms with E-state index in [1.54, 1.807) is 0 Å². The van der Waals surface area contributed by atoms with Crippen LogP contribution in [0.15, 0.2) is 18.3 Å². The van der Waals surface area contributed by atoms with Crippen molar-refractivity contribution in [3.63, 3.8) is 0 Å². The summed E-state index contributed by atoms with van der Waals surface area (Å²) in [5.41, 5.74) is 1.67. The highest BCUT2D eigenvalue weighted by Gasteiger charge is 2.33. The van der Waals surface area contributed by atoms with Crippen molar-refractivity contribution in [2.45, 2.75) is 20.3 Å². The van der Waals surface area contributed by atoms with Gasteiger partial charge in [0.05, 0.1) is 0 Å². The molecule has 3 heteroatoms. The van der Waals surface area contributed by atoms with E-state index in [4.69, 9.17) is 0 Å². The molecule has 0 amide bonds. The fourth-order valence-corrected chi connectivity index (χ4v) is 2.48. The minimum Gasteiger partial charge on any atom is -0.356 e. The lowest BCUT2D eigenvalue weighted by Gasteiger charge is -2.24. The highest BCUT2D eigenvalue weighted by Crippen LogP contribution is 2.31. The first-order valence-electron chi connectivity index (χ1n) is 5.95. The van der Waals surface area contributed by atoms with Gasteiger partial charge in [-0.05, 0) is 43.5 Å². The monoisotopic (exact) mass is 219 g/mol. The van der Waals surface area contributed by atoms with E-state index in [-0.39, 0.29) is 0 Å². The number of rotatable bonds is 3. The molecular weight excluding hydrogens is 198 g/mol. The molecule has 1 N–H and O–H groups in total. The number of nitrogens with zero attached hydrogens (tertiary/aromatic N) is 2. The average Bonchev–Trinajstić information content (AvgIpc) is 2.61. The summed E-state index contributed by atoms with van der Waals surface area (Å²) in [5.74, 6) is 1.12. The van der Waals surface area contributed by atoms with Crippen LogP contribution in [-0.2, 0) is 0 Å². The molecule has 2 heterocycles. The molecule has 88 valence electrons. The van der Waals surface area contributed by atoms with Crippen LogP contribution in [-0.4, -0.2) is 31.7 Å². The largest absolute Gasteiger partial charge is 0.356 e. The van der Waals surface area contributed by atoms with Gasteiger partial charge in [0, 0.05) is 25.8 Å². The smallest absolute Gasteiger partial charge is 0.128 e. The zero-order chi connectivity index (χ0) is 11.6. The van der Waals surface area contributed by atoms with Crippen molar-refractivity contribution in [3.05, 3.63) is 23.9 Å². The Labute approximate surface area is 97.9 Å². The summed E-state index contributed by atoms with van der Waals surface area (Å²) in [5, 5.41) is 3.29. The van der Waals surface area contributed by atoms with Crippen molar-refractivity contribution in [1.29, 1.82) is 0 Å². The first-order valence-corrected chi connectivity index (χ1v) is 5.95. The third kappa shape index (κ3) is 2.35. The first-order chi connectivity index (χ1) is 7.63. The first kappa shape index (κ1) is 11.4. The topological polar surface area (TPSA) is 28.2 Å². The van der Waals surface area contributed by atoms with Crippen LogP contribution >= 0.6 is 0 Å². The van der Waals surface area contributed by atoms with E-state index < -0.39 is 0 Å². The molecule has 1 aromatic rings. The van der Waals surface area contributed by atoms with Crippen molar-refractivity contribution >= 4 is 5.82 Å². The highest BCUT2D eigenvalue weighted by atomic mass is 15.2. The highest BCUT2D eigenvalue weighted by molar-refractivity contribution is 5.42. The quantitative estimate of drug-likeness (QED) is 0.840. The van der Waals surface area contributed by atoms with Gasteiger partial charge in [-0.1, -0.05) is 6.92 Å². The molecule has 2 rings (SSSR count). The molecule has 0 aliphatic carbocycles. The fourth-order valence-electron chi connectivity index (χ4n) is 2.48. The summed E-state index contributed by atoms with van der Waals surface area (Å²) in [6.45, 7) is 7.77. The Morgan fingerprint density at radius 3 is 3.06 bits per heavy atom. The lowest BCUT2D eigenvalue weighted by atomic mass is 9.90. The maximum atomic E-state index is 4.45. The second kappa shape index (κ2) is 4.42. The van der Waals surface area contributed by atoms with Gasteiger partial charge in [0.1, 0.15) is 5.82 Å². The van der Waals surface area contributed by atoms with Crippen molar-refractivity contribution in [2.24, 2.45) is 5.41 Å². The van der Waals surface area contributed by atoms with Crippen molar-refractivity contribution in [3.8, 4) is 0 Å². The second-order valence-electron chi connectivity index (χ2n) is 5.20. The molecule has 1 fully saturated rings. The number of pyridine rings is 1. The average molecular weight is 219 g/mol. The molecule has 1 unspecified atom stereocenters. The van der Waals surface area contributed by atoms with Crippen LogP contribution in [0.25, 0.3) is 0 Å². The summed E-state index contributed by atoms with van der Waals surface area (Å²) < 4.78 is 0. The molecule has 1 aromatic heterocycles. The molecule has 1 aliphatic heterocycles. The predicted molar refractivity (Wildman–Crippen MR) is 67.8 cm³/mol. The van der Waals surface area contributed by atoms with Crippen LogP contribution in [0.2, 0.25) is 0 Å². The number of aromatic nitrogens is 1. The number of hydrogen-bond donors (Lipinski definition) is 1. The normalized spacial score (nSPS) is 25.1. The molecule has 0 bridgehead atoms. The fraction of sp³-hybridized carbons (Fsp3) is 0.615. The molecular formula is C13H21N3. The minimum absolute atomic E-state index is 0.389. The maximum absolute atomic E-state index is 4.45. The Hall–Kier alpha value is -1.09. The zero-order valence-corrected chi connectivity index (χ0v) is 10.5. The lowest BCUT2D eigenvalue weighted by molar-refractivity contribution is 0.356. The van der Waals surface area contributed by atoms with Crippen LogP contribution in [0.4, 0.5) is 5.82 Å². The predicted octanol–water partition coefficient (Wildman–Crippen LogP) is 1.83. The van der Waals surface area contributed by atoms with Crippen LogP contribution in [0, 0.1) is 12.3 Å². The van der Waals surface area contributed by atoms with E-state index in [0.29, 0.717) is 5.41 Å². The summed E-state index contributed by atoms with van der Waals surface area (Å²) in [4.78, 5) is 6.85. The number of aryl methyl sites for hydroxylation is 1. The van der Waals surface area contributed by atoms with E-state index in [1.807, 2.05) is 19.3 Å². The molecule has 3 nitrogen and oxygen atoms in total. The Balaban J connectivity index is 2.09. The third-order valence-electron chi connectivity index (χ3n) is 3.39. The van der Waals surface area contributed by atoms with Crippen LogP contribution in [0.1, 0.15) is 18.9 Å². The van der Waals surface area contributed by atoms with Gasteiger partial charge in [0.2, 0.25) is 0 Å². The number of anilines is 1. The van der Waals surface area contributed by atoms with E-state index in [9.17, 15) is 0 Å². The van der Waals surface area contributed by atoms with Crippen molar-refractivity contribution < 1.29 is 0 Å². The van der Waals surface area contributed by atoms with E-state index in [0.717, 1.165) is 25.5 Å². The molecule has 0 saturated carbocycles. The van der Waals surface area contributed by atoms with Crippen molar-refractivity contribution in [2.75, 3.05) is 31.6 Å². The van der Waals surface area contributed by atoms with Gasteiger partial charge < -0.3 is 10.2 Å². The molecule has 1 atom stereocenters. The number of nitrogens with one attached hydrogen (secondary N) is 1. The Bertz CT molecular complexity index is 364. The molecule has 1 saturated heterocycles. The summed E-state index contributed by atoms with van der Waals surface area (Å²) >= 11 is 0. The molecule has 0 radical (unpaired) electrons. The minimum atomic E-state index is 0.389. The van der Waals surface area contributed by atoms with Gasteiger partial charge in [-0.2, -0.15) is 0 Å². The third-order valence-corrected chi connectivity index (χ3v) is 3.39. The van der Waals surface area contributed by atoms with Gasteiger partial charge in [0.15, 0.2) is 0 Å². The van der Waals surface area contributed by atoms with Crippen LogP contribution in [0.5, 0.6) is 0 Å². The lowest BCUT2D eigenvalue weighted by Crippen LogP contribution is -2.33. The summed E-state index contributed by atoms with van der Waals surface area (Å²) in [6, 6.07) is 4.22.